The summed E-state index contributed by atoms with van der Waals surface area (Å²) >= 11 is 0. The molecule has 1 atom stereocenters. The Kier molecular flexibility index (Phi) is 8.17. The lowest BCUT2D eigenvalue weighted by molar-refractivity contribution is 0.0935. The highest BCUT2D eigenvalue weighted by Gasteiger charge is 2.38. The molecule has 7 heteroatoms. The van der Waals surface area contributed by atoms with Crippen LogP contribution in [0.3, 0.4) is 0 Å². The normalized spacial score (nSPS) is 12.6. The molecule has 0 aliphatic heterocycles. The molecule has 1 N–H and O–H groups in total. The maximum atomic E-state index is 13.5. The fourth-order valence-electron chi connectivity index (χ4n) is 2.44. The Hall–Kier alpha value is -2.01. The molecule has 27 heavy (non-hydrogen) atoms. The highest BCUT2D eigenvalue weighted by molar-refractivity contribution is 7.54. The number of amides is 1. The highest BCUT2D eigenvalue weighted by atomic mass is 31.2. The summed E-state index contributed by atoms with van der Waals surface area (Å²) in [7, 11) is -3.70. The van der Waals surface area contributed by atoms with E-state index in [2.05, 4.69) is 5.32 Å². The minimum absolute atomic E-state index is 0.133. The van der Waals surface area contributed by atoms with Crippen molar-refractivity contribution < 1.29 is 22.8 Å². The molecule has 0 radical (unpaired) electrons. The SMILES string of the molecule is CCCOP(=O)(OCCC)C(NC(=O)c1cccc(F)c1)c1ccccc1. The van der Waals surface area contributed by atoms with Crippen LogP contribution in [-0.2, 0) is 13.6 Å². The third-order valence-corrected chi connectivity index (χ3v) is 5.88. The second kappa shape index (κ2) is 10.4. The van der Waals surface area contributed by atoms with Gasteiger partial charge in [-0.15, -0.1) is 0 Å². The highest BCUT2D eigenvalue weighted by Crippen LogP contribution is 2.59. The molecule has 0 saturated heterocycles. The van der Waals surface area contributed by atoms with Crippen LogP contribution >= 0.6 is 7.60 Å². The van der Waals surface area contributed by atoms with Crippen LogP contribution in [0.4, 0.5) is 4.39 Å². The summed E-state index contributed by atoms with van der Waals surface area (Å²) in [6.45, 7) is 4.26. The van der Waals surface area contributed by atoms with Crippen LogP contribution in [0, 0.1) is 5.82 Å². The zero-order valence-electron chi connectivity index (χ0n) is 15.6. The maximum Gasteiger partial charge on any atom is 0.357 e. The van der Waals surface area contributed by atoms with E-state index in [9.17, 15) is 13.8 Å². The number of carbonyl (C=O) groups is 1. The zero-order valence-corrected chi connectivity index (χ0v) is 16.5. The van der Waals surface area contributed by atoms with Crippen molar-refractivity contribution in [2.45, 2.75) is 32.5 Å². The molecule has 2 aromatic rings. The molecule has 2 aromatic carbocycles. The third kappa shape index (κ3) is 5.99. The van der Waals surface area contributed by atoms with Gasteiger partial charge in [0.05, 0.1) is 13.2 Å². The first-order chi connectivity index (χ1) is 13.0. The van der Waals surface area contributed by atoms with Gasteiger partial charge < -0.3 is 14.4 Å². The summed E-state index contributed by atoms with van der Waals surface area (Å²) < 4.78 is 38.2. The van der Waals surface area contributed by atoms with E-state index in [0.29, 0.717) is 18.4 Å². The van der Waals surface area contributed by atoms with Gasteiger partial charge in [-0.05, 0) is 36.6 Å². The second-order valence-electron chi connectivity index (χ2n) is 6.00. The van der Waals surface area contributed by atoms with Crippen LogP contribution in [0.5, 0.6) is 0 Å². The molecular formula is C20H25FNO4P. The standard InChI is InChI=1S/C20H25FNO4P/c1-3-13-25-27(24,26-14-4-2)20(16-9-6-5-7-10-16)22-19(23)17-11-8-12-18(21)15-17/h5-12,15,20H,3-4,13-14H2,1-2H3,(H,22,23). The number of benzene rings is 2. The molecular weight excluding hydrogens is 368 g/mol. The van der Waals surface area contributed by atoms with Crippen molar-refractivity contribution in [3.63, 3.8) is 0 Å². The van der Waals surface area contributed by atoms with Gasteiger partial charge in [-0.25, -0.2) is 4.39 Å². The van der Waals surface area contributed by atoms with Crippen LogP contribution in [0.25, 0.3) is 0 Å². The van der Waals surface area contributed by atoms with Crippen molar-refractivity contribution in [1.29, 1.82) is 0 Å². The van der Waals surface area contributed by atoms with Gasteiger partial charge in [-0.3, -0.25) is 9.36 Å². The first-order valence-corrected chi connectivity index (χ1v) is 10.6. The van der Waals surface area contributed by atoms with Gasteiger partial charge in [-0.1, -0.05) is 50.2 Å². The van der Waals surface area contributed by atoms with Crippen molar-refractivity contribution in [2.24, 2.45) is 0 Å². The van der Waals surface area contributed by atoms with Crippen LogP contribution in [0.15, 0.2) is 54.6 Å². The fraction of sp³-hybridized carbons (Fsp3) is 0.350. The fourth-order valence-corrected chi connectivity index (χ4v) is 4.50. The summed E-state index contributed by atoms with van der Waals surface area (Å²) in [4.78, 5) is 12.7. The minimum atomic E-state index is -3.70. The largest absolute Gasteiger partial charge is 0.357 e. The Labute approximate surface area is 159 Å². The molecule has 5 nitrogen and oxygen atoms in total. The molecule has 0 heterocycles. The van der Waals surface area contributed by atoms with Crippen LogP contribution < -0.4 is 5.32 Å². The van der Waals surface area contributed by atoms with E-state index in [1.165, 1.54) is 18.2 Å². The second-order valence-corrected chi connectivity index (χ2v) is 8.12. The average Bonchev–Trinajstić information content (AvgIpc) is 2.69. The Morgan fingerprint density at radius 1 is 1.04 bits per heavy atom. The van der Waals surface area contributed by atoms with Crippen molar-refractivity contribution in [1.82, 2.24) is 5.32 Å². The van der Waals surface area contributed by atoms with E-state index in [4.69, 9.17) is 9.05 Å². The summed E-state index contributed by atoms with van der Waals surface area (Å²) in [5.41, 5.74) is 0.728. The lowest BCUT2D eigenvalue weighted by Crippen LogP contribution is -2.30. The smallest absolute Gasteiger partial charge is 0.334 e. The van der Waals surface area contributed by atoms with E-state index in [0.717, 1.165) is 6.07 Å². The van der Waals surface area contributed by atoms with Crippen molar-refractivity contribution in [2.75, 3.05) is 13.2 Å². The zero-order chi connectivity index (χ0) is 19.7. The van der Waals surface area contributed by atoms with Crippen LogP contribution in [0.2, 0.25) is 0 Å². The first-order valence-electron chi connectivity index (χ1n) is 9.00. The van der Waals surface area contributed by atoms with Gasteiger partial charge in [0.1, 0.15) is 5.82 Å². The molecule has 0 saturated carbocycles. The molecule has 1 amide bonds. The molecule has 0 fully saturated rings. The van der Waals surface area contributed by atoms with Crippen molar-refractivity contribution in [3.05, 3.63) is 71.5 Å². The topological polar surface area (TPSA) is 64.6 Å². The molecule has 146 valence electrons. The summed E-state index contributed by atoms with van der Waals surface area (Å²) in [5.74, 6) is -2.07. The van der Waals surface area contributed by atoms with Gasteiger partial charge in [0.15, 0.2) is 5.78 Å². The van der Waals surface area contributed by atoms with E-state index < -0.39 is 25.1 Å². The molecule has 0 spiro atoms. The lowest BCUT2D eigenvalue weighted by atomic mass is 10.2. The van der Waals surface area contributed by atoms with E-state index in [1.807, 2.05) is 19.9 Å². The summed E-state index contributed by atoms with van der Waals surface area (Å²) in [6, 6.07) is 14.2. The van der Waals surface area contributed by atoms with Gasteiger partial charge in [-0.2, -0.15) is 0 Å². The molecule has 1 unspecified atom stereocenters. The number of hydrogen-bond acceptors (Lipinski definition) is 4. The van der Waals surface area contributed by atoms with E-state index >= 15 is 0 Å². The maximum absolute atomic E-state index is 13.5. The number of rotatable bonds is 10. The van der Waals surface area contributed by atoms with Crippen molar-refractivity contribution in [3.8, 4) is 0 Å². The molecule has 2 rings (SSSR count). The third-order valence-electron chi connectivity index (χ3n) is 3.74. The Balaban J connectivity index is 2.37. The van der Waals surface area contributed by atoms with Gasteiger partial charge in [0.2, 0.25) is 0 Å². The minimum Gasteiger partial charge on any atom is -0.334 e. The number of hydrogen-bond donors (Lipinski definition) is 1. The number of nitrogens with one attached hydrogen (secondary N) is 1. The quantitative estimate of drug-likeness (QED) is 0.556. The Morgan fingerprint density at radius 2 is 1.67 bits per heavy atom. The Morgan fingerprint density at radius 3 is 2.22 bits per heavy atom. The van der Waals surface area contributed by atoms with E-state index in [1.54, 1.807) is 24.3 Å². The molecule has 0 aliphatic rings. The summed E-state index contributed by atoms with van der Waals surface area (Å²) in [5, 5.41) is 2.72. The van der Waals surface area contributed by atoms with Gasteiger partial charge in [0, 0.05) is 5.56 Å². The lowest BCUT2D eigenvalue weighted by Gasteiger charge is -2.28. The van der Waals surface area contributed by atoms with Crippen LogP contribution in [-0.4, -0.2) is 19.1 Å². The van der Waals surface area contributed by atoms with Gasteiger partial charge >= 0.3 is 7.60 Å². The number of carbonyl (C=O) groups excluding carboxylic acids is 1. The predicted octanol–water partition coefficient (Wildman–Crippen LogP) is 5.30. The number of halogens is 1. The first kappa shape index (κ1) is 21.3. The van der Waals surface area contributed by atoms with Crippen LogP contribution in [0.1, 0.15) is 48.4 Å². The molecule has 0 bridgehead atoms. The van der Waals surface area contributed by atoms with Gasteiger partial charge in [0.25, 0.3) is 5.91 Å². The average molecular weight is 393 g/mol. The molecule has 0 aromatic heterocycles. The predicted molar refractivity (Wildman–Crippen MR) is 103 cm³/mol. The monoisotopic (exact) mass is 393 g/mol. The van der Waals surface area contributed by atoms with E-state index in [-0.39, 0.29) is 18.8 Å². The summed E-state index contributed by atoms with van der Waals surface area (Å²) in [6.07, 6.45) is 1.30. The Bertz CT molecular complexity index is 773. The molecule has 0 aliphatic carbocycles. The van der Waals surface area contributed by atoms with Crippen molar-refractivity contribution >= 4 is 13.5 Å².